The molecule has 5 rings (SSSR count). The topological polar surface area (TPSA) is 82.2 Å². The number of nitrogen functional groups attached to an aromatic ring is 1. The number of nitrogens with two attached hydrogens (primary N) is 1. The Labute approximate surface area is 205 Å². The van der Waals surface area contributed by atoms with Crippen molar-refractivity contribution in [1.82, 2.24) is 14.9 Å². The molecule has 6 heteroatoms. The van der Waals surface area contributed by atoms with E-state index in [2.05, 4.69) is 16.9 Å². The first-order valence-corrected chi connectivity index (χ1v) is 11.7. The van der Waals surface area contributed by atoms with Gasteiger partial charge in [-0.1, -0.05) is 55.1 Å². The maximum absolute atomic E-state index is 12.6. The van der Waals surface area contributed by atoms with Crippen molar-refractivity contribution < 1.29 is 9.53 Å². The molecule has 0 saturated heterocycles. The number of hydrogen-bond acceptors (Lipinski definition) is 4. The predicted octanol–water partition coefficient (Wildman–Crippen LogP) is 5.30. The van der Waals surface area contributed by atoms with Crippen LogP contribution in [0, 0.1) is 6.92 Å². The number of aromatic nitrogens is 2. The zero-order valence-corrected chi connectivity index (χ0v) is 19.7. The summed E-state index contributed by atoms with van der Waals surface area (Å²) >= 11 is 0. The number of imidazole rings is 1. The quantitative estimate of drug-likeness (QED) is 0.371. The van der Waals surface area contributed by atoms with Crippen LogP contribution in [0.15, 0.2) is 85.7 Å². The van der Waals surface area contributed by atoms with Crippen molar-refractivity contribution in [2.75, 3.05) is 5.73 Å². The van der Waals surface area contributed by atoms with Gasteiger partial charge in [0.15, 0.2) is 0 Å². The molecule has 6 nitrogen and oxygen atoms in total. The Balaban J connectivity index is 1.37. The summed E-state index contributed by atoms with van der Waals surface area (Å²) in [4.78, 5) is 17.1. The third-order valence-electron chi connectivity index (χ3n) is 6.16. The molecule has 1 aromatic heterocycles. The lowest BCUT2D eigenvalue weighted by molar-refractivity contribution is 0.0951. The first-order chi connectivity index (χ1) is 17.0. The van der Waals surface area contributed by atoms with Gasteiger partial charge in [-0.25, -0.2) is 4.98 Å². The van der Waals surface area contributed by atoms with Gasteiger partial charge in [-0.3, -0.25) is 9.36 Å². The number of hydrogen-bond donors (Lipinski definition) is 2. The number of benzene rings is 3. The number of rotatable bonds is 8. The Morgan fingerprint density at radius 1 is 1.09 bits per heavy atom. The van der Waals surface area contributed by atoms with E-state index in [9.17, 15) is 4.79 Å². The molecule has 4 aromatic rings. The predicted molar refractivity (Wildman–Crippen MR) is 139 cm³/mol. The van der Waals surface area contributed by atoms with E-state index in [1.807, 2.05) is 79.7 Å². The van der Waals surface area contributed by atoms with E-state index in [-0.39, 0.29) is 5.91 Å². The van der Waals surface area contributed by atoms with Crippen molar-refractivity contribution in [3.05, 3.63) is 114 Å². The number of nitrogens with zero attached hydrogens (tertiary/aromatic N) is 2. The fourth-order valence-corrected chi connectivity index (χ4v) is 3.94. The summed E-state index contributed by atoms with van der Waals surface area (Å²) < 4.78 is 7.78. The highest BCUT2D eigenvalue weighted by molar-refractivity contribution is 5.95. The Morgan fingerprint density at radius 3 is 2.66 bits per heavy atom. The average molecular weight is 465 g/mol. The summed E-state index contributed by atoms with van der Waals surface area (Å²) in [6, 6.07) is 23.7. The zero-order valence-electron chi connectivity index (χ0n) is 19.7. The van der Waals surface area contributed by atoms with E-state index >= 15 is 0 Å². The van der Waals surface area contributed by atoms with Gasteiger partial charge in [0.1, 0.15) is 30.2 Å². The largest absolute Gasteiger partial charge is 0.489 e. The van der Waals surface area contributed by atoms with Crippen molar-refractivity contribution in [2.45, 2.75) is 32.4 Å². The number of carbonyl (C=O) groups is 1. The molecule has 0 aliphatic heterocycles. The molecule has 35 heavy (non-hydrogen) atoms. The normalized spacial score (nSPS) is 12.8. The van der Waals surface area contributed by atoms with Gasteiger partial charge in [-0.15, -0.1) is 0 Å². The van der Waals surface area contributed by atoms with E-state index in [4.69, 9.17) is 10.5 Å². The van der Waals surface area contributed by atoms with Gasteiger partial charge in [-0.2, -0.15) is 0 Å². The fraction of sp³-hybridized carbons (Fsp3) is 0.172. The zero-order chi connectivity index (χ0) is 24.4. The average Bonchev–Trinajstić information content (AvgIpc) is 3.62. The van der Waals surface area contributed by atoms with E-state index in [1.54, 1.807) is 10.9 Å². The SMILES string of the molecule is C=C(c1cccc(OCc2ccccc2)c1)c1ncn(-c2cc(C(=O)NC3CC3)ccc2C)c1N. The van der Waals surface area contributed by atoms with E-state index in [1.165, 1.54) is 0 Å². The maximum atomic E-state index is 12.6. The lowest BCUT2D eigenvalue weighted by Gasteiger charge is -2.13. The van der Waals surface area contributed by atoms with E-state index < -0.39 is 0 Å². The summed E-state index contributed by atoms with van der Waals surface area (Å²) in [5.41, 5.74) is 12.2. The Hall–Kier alpha value is -4.32. The molecule has 3 N–H and O–H groups in total. The highest BCUT2D eigenvalue weighted by Gasteiger charge is 2.24. The number of ether oxygens (including phenoxy) is 1. The molecular weight excluding hydrogens is 436 g/mol. The summed E-state index contributed by atoms with van der Waals surface area (Å²) in [5, 5.41) is 3.03. The molecule has 1 aliphatic carbocycles. The molecule has 1 saturated carbocycles. The second-order valence-corrected chi connectivity index (χ2v) is 8.88. The molecular formula is C29H28N4O2. The van der Waals surface area contributed by atoms with Crippen LogP contribution < -0.4 is 15.8 Å². The van der Waals surface area contributed by atoms with Crippen LogP contribution in [0.25, 0.3) is 11.3 Å². The fourth-order valence-electron chi connectivity index (χ4n) is 3.94. The van der Waals surface area contributed by atoms with Crippen molar-refractivity contribution in [1.29, 1.82) is 0 Å². The van der Waals surface area contributed by atoms with Crippen LogP contribution in [0.1, 0.15) is 45.6 Å². The van der Waals surface area contributed by atoms with Crippen LogP contribution >= 0.6 is 0 Å². The first kappa shape index (κ1) is 22.5. The molecule has 0 bridgehead atoms. The molecule has 3 aromatic carbocycles. The molecule has 0 unspecified atom stereocenters. The lowest BCUT2D eigenvalue weighted by atomic mass is 10.0. The summed E-state index contributed by atoms with van der Waals surface area (Å²) in [7, 11) is 0. The Bertz CT molecular complexity index is 1390. The Morgan fingerprint density at radius 2 is 1.89 bits per heavy atom. The standard InChI is InChI=1S/C29H28N4O2/c1-19-11-12-23(29(34)32-24-13-14-24)16-26(19)33-18-31-27(28(33)30)20(2)22-9-6-10-25(15-22)35-17-21-7-4-3-5-8-21/h3-12,15-16,18,24H,2,13-14,17,30H2,1H3,(H,32,34). The summed E-state index contributed by atoms with van der Waals surface area (Å²) in [6.45, 7) is 6.72. The van der Waals surface area contributed by atoms with E-state index in [0.29, 0.717) is 35.3 Å². The molecule has 0 spiro atoms. The van der Waals surface area contributed by atoms with Gasteiger partial charge in [0, 0.05) is 17.2 Å². The van der Waals surface area contributed by atoms with Crippen LogP contribution in [0.5, 0.6) is 5.75 Å². The maximum Gasteiger partial charge on any atom is 0.251 e. The molecule has 0 radical (unpaired) electrons. The monoisotopic (exact) mass is 464 g/mol. The van der Waals surface area contributed by atoms with E-state index in [0.717, 1.165) is 41.0 Å². The second-order valence-electron chi connectivity index (χ2n) is 8.88. The summed E-state index contributed by atoms with van der Waals surface area (Å²) in [6.07, 6.45) is 3.77. The van der Waals surface area contributed by atoms with Crippen LogP contribution in [-0.4, -0.2) is 21.5 Å². The molecule has 1 aliphatic rings. The Kier molecular flexibility index (Phi) is 6.10. The molecule has 1 fully saturated rings. The molecule has 176 valence electrons. The van der Waals surface area contributed by atoms with Crippen molar-refractivity contribution in [3.8, 4) is 11.4 Å². The van der Waals surface area contributed by atoms with Crippen LogP contribution in [0.3, 0.4) is 0 Å². The third kappa shape index (κ3) is 4.96. The second kappa shape index (κ2) is 9.50. The van der Waals surface area contributed by atoms with Gasteiger partial charge in [0.25, 0.3) is 5.91 Å². The minimum absolute atomic E-state index is 0.0654. The number of anilines is 1. The highest BCUT2D eigenvalue weighted by Crippen LogP contribution is 2.30. The minimum Gasteiger partial charge on any atom is -0.489 e. The van der Waals surface area contributed by atoms with Crippen molar-refractivity contribution in [2.24, 2.45) is 0 Å². The van der Waals surface area contributed by atoms with Gasteiger partial charge in [0.2, 0.25) is 0 Å². The molecule has 1 heterocycles. The summed E-state index contributed by atoms with van der Waals surface area (Å²) in [5.74, 6) is 1.15. The van der Waals surface area contributed by atoms with Gasteiger partial charge in [-0.05, 0) is 60.7 Å². The first-order valence-electron chi connectivity index (χ1n) is 11.7. The van der Waals surface area contributed by atoms with Gasteiger partial charge >= 0.3 is 0 Å². The van der Waals surface area contributed by atoms with Crippen LogP contribution in [-0.2, 0) is 6.61 Å². The molecule has 0 atom stereocenters. The number of aryl methyl sites for hydroxylation is 1. The highest BCUT2D eigenvalue weighted by atomic mass is 16.5. The smallest absolute Gasteiger partial charge is 0.251 e. The minimum atomic E-state index is -0.0654. The van der Waals surface area contributed by atoms with Gasteiger partial charge < -0.3 is 15.8 Å². The van der Waals surface area contributed by atoms with Crippen molar-refractivity contribution >= 4 is 17.3 Å². The number of nitrogens with one attached hydrogen (secondary N) is 1. The molecule has 1 amide bonds. The van der Waals surface area contributed by atoms with Crippen LogP contribution in [0.4, 0.5) is 5.82 Å². The number of amides is 1. The van der Waals surface area contributed by atoms with Crippen molar-refractivity contribution in [3.63, 3.8) is 0 Å². The third-order valence-corrected chi connectivity index (χ3v) is 6.16. The lowest BCUT2D eigenvalue weighted by Crippen LogP contribution is -2.25. The number of carbonyl (C=O) groups excluding carboxylic acids is 1. The van der Waals surface area contributed by atoms with Gasteiger partial charge in [0.05, 0.1) is 5.69 Å². The van der Waals surface area contributed by atoms with Crippen LogP contribution in [0.2, 0.25) is 0 Å².